The number of amides is 2. The van der Waals surface area contributed by atoms with Crippen molar-refractivity contribution in [2.24, 2.45) is 0 Å². The SMILES string of the molecule is O=C1COc2cc(C(=O)N3CCN(c4ccccn4)CC3)ccc2N1. The molecule has 0 saturated carbocycles. The monoisotopic (exact) mass is 338 g/mol. The molecule has 128 valence electrons. The molecule has 0 unspecified atom stereocenters. The second kappa shape index (κ2) is 6.43. The van der Waals surface area contributed by atoms with Crippen LogP contribution in [0.4, 0.5) is 11.5 Å². The molecule has 7 nitrogen and oxygen atoms in total. The maximum absolute atomic E-state index is 12.7. The Morgan fingerprint density at radius 2 is 1.96 bits per heavy atom. The standard InChI is InChI=1S/C18H18N4O3/c23-17-12-25-15-11-13(4-5-14(15)20-17)18(24)22-9-7-21(8-10-22)16-3-1-2-6-19-16/h1-6,11H,7-10,12H2,(H,20,23). The largest absolute Gasteiger partial charge is 0.482 e. The maximum atomic E-state index is 12.7. The van der Waals surface area contributed by atoms with Crippen LogP contribution in [0.15, 0.2) is 42.6 Å². The molecule has 0 atom stereocenters. The Balaban J connectivity index is 1.43. The van der Waals surface area contributed by atoms with E-state index < -0.39 is 0 Å². The summed E-state index contributed by atoms with van der Waals surface area (Å²) in [5.41, 5.74) is 1.17. The highest BCUT2D eigenvalue weighted by Gasteiger charge is 2.24. The minimum Gasteiger partial charge on any atom is -0.482 e. The fourth-order valence-electron chi connectivity index (χ4n) is 3.07. The Kier molecular flexibility index (Phi) is 3.97. The number of pyridine rings is 1. The molecule has 1 N–H and O–H groups in total. The highest BCUT2D eigenvalue weighted by Crippen LogP contribution is 2.29. The summed E-state index contributed by atoms with van der Waals surface area (Å²) in [6, 6.07) is 11.0. The van der Waals surface area contributed by atoms with E-state index in [1.54, 1.807) is 24.4 Å². The van der Waals surface area contributed by atoms with Crippen molar-refractivity contribution in [3.63, 3.8) is 0 Å². The van der Waals surface area contributed by atoms with Gasteiger partial charge in [0.2, 0.25) is 0 Å². The van der Waals surface area contributed by atoms with Crippen LogP contribution >= 0.6 is 0 Å². The number of anilines is 2. The van der Waals surface area contributed by atoms with Crippen LogP contribution in [0.25, 0.3) is 0 Å². The maximum Gasteiger partial charge on any atom is 0.262 e. The summed E-state index contributed by atoms with van der Waals surface area (Å²) in [4.78, 5) is 32.4. The molecule has 1 aromatic carbocycles. The average Bonchev–Trinajstić information content (AvgIpc) is 2.68. The lowest BCUT2D eigenvalue weighted by Gasteiger charge is -2.35. The van der Waals surface area contributed by atoms with E-state index in [1.807, 2.05) is 23.1 Å². The fraction of sp³-hybridized carbons (Fsp3) is 0.278. The van der Waals surface area contributed by atoms with Crippen LogP contribution in [-0.2, 0) is 4.79 Å². The van der Waals surface area contributed by atoms with Crippen LogP contribution in [0.1, 0.15) is 10.4 Å². The molecule has 2 amide bonds. The first-order valence-corrected chi connectivity index (χ1v) is 8.23. The molecule has 0 aliphatic carbocycles. The van der Waals surface area contributed by atoms with Crippen molar-refractivity contribution in [3.8, 4) is 5.75 Å². The summed E-state index contributed by atoms with van der Waals surface area (Å²) in [5.74, 6) is 1.27. The van der Waals surface area contributed by atoms with Gasteiger partial charge in [-0.15, -0.1) is 0 Å². The van der Waals surface area contributed by atoms with Gasteiger partial charge in [-0.25, -0.2) is 4.98 Å². The number of benzene rings is 1. The molecule has 2 aromatic rings. The Labute approximate surface area is 145 Å². The van der Waals surface area contributed by atoms with E-state index in [9.17, 15) is 9.59 Å². The summed E-state index contributed by atoms with van der Waals surface area (Å²) in [6.45, 7) is 2.77. The van der Waals surface area contributed by atoms with E-state index in [-0.39, 0.29) is 18.4 Å². The van der Waals surface area contributed by atoms with Gasteiger partial charge in [-0.3, -0.25) is 9.59 Å². The molecular weight excluding hydrogens is 320 g/mol. The molecule has 2 aliphatic rings. The summed E-state index contributed by atoms with van der Waals surface area (Å²) in [5, 5.41) is 2.73. The smallest absolute Gasteiger partial charge is 0.262 e. The molecule has 1 saturated heterocycles. The second-order valence-electron chi connectivity index (χ2n) is 6.01. The Hall–Kier alpha value is -3.09. The lowest BCUT2D eigenvalue weighted by atomic mass is 10.1. The third kappa shape index (κ3) is 3.13. The van der Waals surface area contributed by atoms with Crippen molar-refractivity contribution in [2.75, 3.05) is 43.0 Å². The molecule has 1 fully saturated rings. The number of nitrogens with one attached hydrogen (secondary N) is 1. The predicted octanol–water partition coefficient (Wildman–Crippen LogP) is 1.37. The highest BCUT2D eigenvalue weighted by atomic mass is 16.5. The van der Waals surface area contributed by atoms with Gasteiger partial charge in [-0.05, 0) is 30.3 Å². The molecule has 3 heterocycles. The first kappa shape index (κ1) is 15.4. The van der Waals surface area contributed by atoms with Crippen molar-refractivity contribution in [1.82, 2.24) is 9.88 Å². The van der Waals surface area contributed by atoms with Gasteiger partial charge in [0.15, 0.2) is 6.61 Å². The summed E-state index contributed by atoms with van der Waals surface area (Å²) < 4.78 is 5.39. The lowest BCUT2D eigenvalue weighted by molar-refractivity contribution is -0.118. The zero-order chi connectivity index (χ0) is 17.2. The molecule has 25 heavy (non-hydrogen) atoms. The molecular formula is C18H18N4O3. The van der Waals surface area contributed by atoms with Gasteiger partial charge >= 0.3 is 0 Å². The number of fused-ring (bicyclic) bond motifs is 1. The minimum atomic E-state index is -0.183. The minimum absolute atomic E-state index is 0.0204. The van der Waals surface area contributed by atoms with E-state index in [1.165, 1.54) is 0 Å². The number of ether oxygens (including phenoxy) is 1. The third-order valence-corrected chi connectivity index (χ3v) is 4.40. The van der Waals surface area contributed by atoms with Crippen molar-refractivity contribution in [1.29, 1.82) is 0 Å². The van der Waals surface area contributed by atoms with E-state index in [0.717, 1.165) is 18.9 Å². The quantitative estimate of drug-likeness (QED) is 0.895. The zero-order valence-corrected chi connectivity index (χ0v) is 13.6. The summed E-state index contributed by atoms with van der Waals surface area (Å²) in [6.07, 6.45) is 1.78. The van der Waals surface area contributed by atoms with Crippen LogP contribution in [-0.4, -0.2) is 54.5 Å². The van der Waals surface area contributed by atoms with Gasteiger partial charge in [0.05, 0.1) is 5.69 Å². The van der Waals surface area contributed by atoms with Crippen LogP contribution in [0.5, 0.6) is 5.75 Å². The number of carbonyl (C=O) groups excluding carboxylic acids is 2. The molecule has 0 bridgehead atoms. The van der Waals surface area contributed by atoms with E-state index in [0.29, 0.717) is 30.1 Å². The summed E-state index contributed by atoms with van der Waals surface area (Å²) in [7, 11) is 0. The molecule has 7 heteroatoms. The normalized spacial score (nSPS) is 16.7. The highest BCUT2D eigenvalue weighted by molar-refractivity contribution is 5.99. The van der Waals surface area contributed by atoms with Gasteiger partial charge in [0.1, 0.15) is 11.6 Å². The predicted molar refractivity (Wildman–Crippen MR) is 92.9 cm³/mol. The number of piperazine rings is 1. The fourth-order valence-corrected chi connectivity index (χ4v) is 3.07. The molecule has 1 aromatic heterocycles. The number of carbonyl (C=O) groups is 2. The van der Waals surface area contributed by atoms with Gasteiger partial charge in [-0.1, -0.05) is 6.07 Å². The van der Waals surface area contributed by atoms with Crippen LogP contribution in [0.3, 0.4) is 0 Å². The number of nitrogens with zero attached hydrogens (tertiary/aromatic N) is 3. The Bertz CT molecular complexity index is 801. The Morgan fingerprint density at radius 1 is 1.12 bits per heavy atom. The van der Waals surface area contributed by atoms with Crippen molar-refractivity contribution < 1.29 is 14.3 Å². The number of rotatable bonds is 2. The number of hydrogen-bond acceptors (Lipinski definition) is 5. The zero-order valence-electron chi connectivity index (χ0n) is 13.6. The van der Waals surface area contributed by atoms with E-state index in [2.05, 4.69) is 15.2 Å². The molecule has 4 rings (SSSR count). The van der Waals surface area contributed by atoms with E-state index in [4.69, 9.17) is 4.74 Å². The van der Waals surface area contributed by atoms with E-state index >= 15 is 0 Å². The van der Waals surface area contributed by atoms with Gasteiger partial charge < -0.3 is 19.9 Å². The lowest BCUT2D eigenvalue weighted by Crippen LogP contribution is -2.49. The van der Waals surface area contributed by atoms with Gasteiger partial charge in [-0.2, -0.15) is 0 Å². The second-order valence-corrected chi connectivity index (χ2v) is 6.01. The topological polar surface area (TPSA) is 74.8 Å². The van der Waals surface area contributed by atoms with Crippen molar-refractivity contribution in [3.05, 3.63) is 48.2 Å². The van der Waals surface area contributed by atoms with Gasteiger partial charge in [0.25, 0.3) is 11.8 Å². The molecule has 2 aliphatic heterocycles. The van der Waals surface area contributed by atoms with Crippen molar-refractivity contribution in [2.45, 2.75) is 0 Å². The molecule has 0 spiro atoms. The number of hydrogen-bond donors (Lipinski definition) is 1. The number of aromatic nitrogens is 1. The average molecular weight is 338 g/mol. The Morgan fingerprint density at radius 3 is 2.72 bits per heavy atom. The van der Waals surface area contributed by atoms with Crippen molar-refractivity contribution >= 4 is 23.3 Å². The van der Waals surface area contributed by atoms with Crippen LogP contribution in [0, 0.1) is 0 Å². The summed E-state index contributed by atoms with van der Waals surface area (Å²) >= 11 is 0. The first-order valence-electron chi connectivity index (χ1n) is 8.23. The van der Waals surface area contributed by atoms with Gasteiger partial charge in [0, 0.05) is 37.9 Å². The third-order valence-electron chi connectivity index (χ3n) is 4.40. The molecule has 0 radical (unpaired) electrons. The first-order chi connectivity index (χ1) is 12.2. The van der Waals surface area contributed by atoms with Crippen LogP contribution in [0.2, 0.25) is 0 Å². The van der Waals surface area contributed by atoms with Crippen LogP contribution < -0.4 is 15.0 Å².